The summed E-state index contributed by atoms with van der Waals surface area (Å²) in [4.78, 5) is 8.92. The highest BCUT2D eigenvalue weighted by Crippen LogP contribution is 2.39. The molecule has 2 aliphatic carbocycles. The Balaban J connectivity index is 0.000000210. The third-order valence-corrected chi connectivity index (χ3v) is 11.8. The highest BCUT2D eigenvalue weighted by atomic mass is 32.1. The molecule has 4 aromatic rings. The van der Waals surface area contributed by atoms with Crippen molar-refractivity contribution in [3.05, 3.63) is 90.6 Å². The van der Waals surface area contributed by atoms with E-state index in [0.717, 1.165) is 23.7 Å². The van der Waals surface area contributed by atoms with Crippen LogP contribution in [0.3, 0.4) is 0 Å². The van der Waals surface area contributed by atoms with Crippen LogP contribution in [0.25, 0.3) is 10.4 Å². The van der Waals surface area contributed by atoms with Crippen LogP contribution in [-0.2, 0) is 0 Å². The van der Waals surface area contributed by atoms with Gasteiger partial charge in [0.05, 0.1) is 0 Å². The van der Waals surface area contributed by atoms with Crippen LogP contribution in [0.2, 0.25) is 0 Å². The molecule has 0 radical (unpaired) electrons. The molecule has 3 heterocycles. The maximum atomic E-state index is 2.38. The first-order valence-corrected chi connectivity index (χ1v) is 17.5. The second kappa shape index (κ2) is 14.8. The lowest BCUT2D eigenvalue weighted by Crippen LogP contribution is -2.09. The molecule has 0 saturated heterocycles. The minimum absolute atomic E-state index is 0. The van der Waals surface area contributed by atoms with Crippen LogP contribution >= 0.6 is 34.0 Å². The summed E-state index contributed by atoms with van der Waals surface area (Å²) in [5.41, 5.74) is 2.64. The van der Waals surface area contributed by atoms with E-state index < -0.39 is 0 Å². The SMILES string of the molecule is Cc1ccc(-c2ccc(C)s2)cc1.Cc1ccc(C2CCC(C)CC2)s1.Cc1ccc(C2CCC(C)CC2)s1.[HH].[HH]. The Morgan fingerprint density at radius 2 is 0.897 bits per heavy atom. The van der Waals surface area contributed by atoms with Gasteiger partial charge in [-0.05, 0) is 119 Å². The van der Waals surface area contributed by atoms with E-state index in [1.54, 1.807) is 9.75 Å². The van der Waals surface area contributed by atoms with Crippen molar-refractivity contribution in [3.63, 3.8) is 0 Å². The molecule has 1 aromatic carbocycles. The molecule has 6 rings (SSSR count). The molecule has 2 saturated carbocycles. The first-order chi connectivity index (χ1) is 18.8. The zero-order valence-electron chi connectivity index (χ0n) is 25.0. The highest BCUT2D eigenvalue weighted by Gasteiger charge is 2.21. The lowest BCUT2D eigenvalue weighted by molar-refractivity contribution is 0.350. The summed E-state index contributed by atoms with van der Waals surface area (Å²) in [6, 6.07) is 22.2. The first kappa shape index (κ1) is 30.3. The van der Waals surface area contributed by atoms with E-state index in [1.165, 1.54) is 82.0 Å². The summed E-state index contributed by atoms with van der Waals surface area (Å²) in [6.45, 7) is 13.4. The molecule has 0 spiro atoms. The summed E-state index contributed by atoms with van der Waals surface area (Å²) < 4.78 is 0. The fraction of sp³-hybridized carbons (Fsp3) is 0.500. The Morgan fingerprint density at radius 1 is 0.487 bits per heavy atom. The number of rotatable bonds is 3. The molecule has 3 heteroatoms. The smallest absolute Gasteiger partial charge is 0.0345 e. The quantitative estimate of drug-likeness (QED) is 0.226. The zero-order valence-corrected chi connectivity index (χ0v) is 27.4. The Kier molecular flexibility index (Phi) is 11.5. The molecule has 2 fully saturated rings. The maximum absolute atomic E-state index is 2.38. The van der Waals surface area contributed by atoms with Crippen molar-refractivity contribution in [2.45, 2.75) is 105 Å². The van der Waals surface area contributed by atoms with E-state index >= 15 is 0 Å². The molecule has 0 bridgehead atoms. The number of benzene rings is 1. The number of aryl methyl sites for hydroxylation is 4. The zero-order chi connectivity index (χ0) is 27.8. The third kappa shape index (κ3) is 9.44. The van der Waals surface area contributed by atoms with Gasteiger partial charge in [-0.1, -0.05) is 69.4 Å². The Labute approximate surface area is 253 Å². The Morgan fingerprint density at radius 3 is 1.26 bits per heavy atom. The fourth-order valence-electron chi connectivity index (χ4n) is 5.74. The maximum Gasteiger partial charge on any atom is 0.0345 e. The van der Waals surface area contributed by atoms with Gasteiger partial charge in [-0.15, -0.1) is 34.0 Å². The fourth-order valence-corrected chi connectivity index (χ4v) is 8.71. The first-order valence-electron chi connectivity index (χ1n) is 15.0. The van der Waals surface area contributed by atoms with E-state index in [0.29, 0.717) is 0 Å². The summed E-state index contributed by atoms with van der Waals surface area (Å²) in [7, 11) is 0. The third-order valence-electron chi connectivity index (χ3n) is 8.44. The monoisotopic (exact) mass is 580 g/mol. The Hall–Kier alpha value is -1.68. The average Bonchev–Trinajstić information content (AvgIpc) is 3.68. The molecule has 0 nitrogen and oxygen atoms in total. The summed E-state index contributed by atoms with van der Waals surface area (Å²) in [6.07, 6.45) is 11.4. The second-order valence-electron chi connectivity index (χ2n) is 12.1. The largest absolute Gasteiger partial charge is 0.145 e. The molecule has 214 valence electrons. The van der Waals surface area contributed by atoms with Gasteiger partial charge in [0.25, 0.3) is 0 Å². The number of hydrogen-bond donors (Lipinski definition) is 0. The molecule has 0 aliphatic heterocycles. The predicted octanol–water partition coefficient (Wildman–Crippen LogP) is 13.2. The van der Waals surface area contributed by atoms with Crippen molar-refractivity contribution in [1.29, 1.82) is 0 Å². The van der Waals surface area contributed by atoms with E-state index in [9.17, 15) is 0 Å². The van der Waals surface area contributed by atoms with Gasteiger partial charge >= 0.3 is 0 Å². The van der Waals surface area contributed by atoms with Gasteiger partial charge in [0, 0.05) is 32.1 Å². The van der Waals surface area contributed by atoms with Crippen molar-refractivity contribution >= 4 is 34.0 Å². The molecule has 2 aliphatic rings. The summed E-state index contributed by atoms with van der Waals surface area (Å²) in [5.74, 6) is 3.71. The summed E-state index contributed by atoms with van der Waals surface area (Å²) in [5, 5.41) is 0. The van der Waals surface area contributed by atoms with Crippen LogP contribution in [0.15, 0.2) is 60.7 Å². The molecule has 39 heavy (non-hydrogen) atoms. The molecular weight excluding hydrogens is 529 g/mol. The number of thiophene rings is 3. The van der Waals surface area contributed by atoms with Crippen molar-refractivity contribution in [2.75, 3.05) is 0 Å². The molecule has 0 unspecified atom stereocenters. The normalized spacial score (nSPS) is 22.8. The summed E-state index contributed by atoms with van der Waals surface area (Å²) >= 11 is 5.84. The van der Waals surface area contributed by atoms with Gasteiger partial charge < -0.3 is 0 Å². The molecular formula is C36H52S3. The molecule has 0 atom stereocenters. The van der Waals surface area contributed by atoms with E-state index in [2.05, 4.69) is 102 Å². The van der Waals surface area contributed by atoms with Crippen LogP contribution in [-0.4, -0.2) is 0 Å². The van der Waals surface area contributed by atoms with Crippen LogP contribution in [0, 0.1) is 39.5 Å². The van der Waals surface area contributed by atoms with Crippen LogP contribution in [0.5, 0.6) is 0 Å². The van der Waals surface area contributed by atoms with Crippen LogP contribution in [0.4, 0.5) is 0 Å². The minimum atomic E-state index is 0. The Bertz CT molecular complexity index is 1190. The minimum Gasteiger partial charge on any atom is -0.145 e. The highest BCUT2D eigenvalue weighted by molar-refractivity contribution is 7.15. The van der Waals surface area contributed by atoms with Crippen LogP contribution in [0.1, 0.15) is 110 Å². The predicted molar refractivity (Wildman–Crippen MR) is 182 cm³/mol. The van der Waals surface area contributed by atoms with Crippen molar-refractivity contribution in [1.82, 2.24) is 0 Å². The van der Waals surface area contributed by atoms with Gasteiger partial charge in [-0.3, -0.25) is 0 Å². The lowest BCUT2D eigenvalue weighted by Gasteiger charge is -2.25. The van der Waals surface area contributed by atoms with Gasteiger partial charge in [-0.2, -0.15) is 0 Å². The van der Waals surface area contributed by atoms with Gasteiger partial charge in [0.2, 0.25) is 0 Å². The van der Waals surface area contributed by atoms with Gasteiger partial charge in [0.15, 0.2) is 0 Å². The molecule has 0 N–H and O–H groups in total. The second-order valence-corrected chi connectivity index (χ2v) is 16.0. The molecule has 0 amide bonds. The van der Waals surface area contributed by atoms with Gasteiger partial charge in [0.1, 0.15) is 0 Å². The van der Waals surface area contributed by atoms with Crippen molar-refractivity contribution in [2.24, 2.45) is 11.8 Å². The lowest BCUT2D eigenvalue weighted by atomic mass is 9.82. The number of hydrogen-bond acceptors (Lipinski definition) is 3. The van der Waals surface area contributed by atoms with E-state index in [-0.39, 0.29) is 2.85 Å². The molecule has 3 aromatic heterocycles. The van der Waals surface area contributed by atoms with Crippen LogP contribution < -0.4 is 0 Å². The van der Waals surface area contributed by atoms with Gasteiger partial charge in [-0.25, -0.2) is 0 Å². The average molecular weight is 581 g/mol. The topological polar surface area (TPSA) is 0 Å². The van der Waals surface area contributed by atoms with E-state index in [1.807, 2.05) is 34.0 Å². The van der Waals surface area contributed by atoms with Crippen molar-refractivity contribution < 1.29 is 2.85 Å². The van der Waals surface area contributed by atoms with Crippen molar-refractivity contribution in [3.8, 4) is 10.4 Å². The van der Waals surface area contributed by atoms with E-state index in [4.69, 9.17) is 0 Å². The standard InChI is InChI=1S/2C12H18S.C12H12S.2H2/c3*1-9-3-6-11(7-4-9)12-8-5-10(2)13-12;;/h2*5,8-9,11H,3-4,6-7H2,1-2H3;3-8H,1-2H3;2*1H.